The quantitative estimate of drug-likeness (QED) is 0.176. The Labute approximate surface area is 258 Å². The minimum Gasteiger partial charge on any atom is -0.441 e. The highest BCUT2D eigenvalue weighted by molar-refractivity contribution is 6.04. The molecule has 2 aromatic carbocycles. The number of hydrogen-bond donors (Lipinski definition) is 0. The molecule has 44 heavy (non-hydrogen) atoms. The number of anilines is 2. The van der Waals surface area contributed by atoms with Crippen LogP contribution in [0.3, 0.4) is 0 Å². The third-order valence-corrected chi connectivity index (χ3v) is 7.64. The molecule has 2 aliphatic heterocycles. The second-order valence-corrected chi connectivity index (χ2v) is 10.3. The summed E-state index contributed by atoms with van der Waals surface area (Å²) in [6.07, 6.45) is 10.8. The maximum atomic E-state index is 11.7. The Bertz CT molecular complexity index is 1430. The van der Waals surface area contributed by atoms with Crippen LogP contribution in [0.15, 0.2) is 104 Å². The predicted molar refractivity (Wildman–Crippen MR) is 171 cm³/mol. The average molecular weight is 597 g/mol. The lowest BCUT2D eigenvalue weighted by atomic mass is 9.90. The van der Waals surface area contributed by atoms with Crippen LogP contribution in [0.2, 0.25) is 0 Å². The van der Waals surface area contributed by atoms with Gasteiger partial charge in [-0.2, -0.15) is 0 Å². The van der Waals surface area contributed by atoms with Crippen molar-refractivity contribution in [1.29, 1.82) is 0 Å². The first kappa shape index (κ1) is 30.7. The number of morpholine rings is 2. The lowest BCUT2D eigenvalue weighted by molar-refractivity contribution is -0.547. The molecule has 0 unspecified atom stereocenters. The minimum absolute atomic E-state index is 0.114. The maximum absolute atomic E-state index is 11.7. The normalized spacial score (nSPS) is 16.4. The number of ether oxygens (including phenoxy) is 4. The molecule has 2 fully saturated rings. The molecule has 9 heteroatoms. The van der Waals surface area contributed by atoms with Crippen LogP contribution < -0.4 is 9.80 Å². The van der Waals surface area contributed by atoms with Crippen LogP contribution >= 0.6 is 0 Å². The molecular formula is C35H38N3O6+. The van der Waals surface area contributed by atoms with Gasteiger partial charge in [-0.05, 0) is 58.7 Å². The number of rotatable bonds is 10. The third kappa shape index (κ3) is 7.80. The molecule has 2 heterocycles. The van der Waals surface area contributed by atoms with E-state index in [-0.39, 0.29) is 13.5 Å². The molecule has 0 aromatic heterocycles. The third-order valence-electron chi connectivity index (χ3n) is 7.64. The van der Waals surface area contributed by atoms with Gasteiger partial charge in [-0.25, -0.2) is 14.2 Å². The van der Waals surface area contributed by atoms with Crippen LogP contribution in [-0.2, 0) is 28.5 Å². The van der Waals surface area contributed by atoms with Gasteiger partial charge in [0.25, 0.3) is 0 Å². The molecule has 228 valence electrons. The highest BCUT2D eigenvalue weighted by Gasteiger charge is 2.19. The van der Waals surface area contributed by atoms with Gasteiger partial charge in [0.15, 0.2) is 32.3 Å². The van der Waals surface area contributed by atoms with Crippen molar-refractivity contribution in [2.75, 3.05) is 75.9 Å². The first-order valence-corrected chi connectivity index (χ1v) is 14.7. The Balaban J connectivity index is 1.47. The highest BCUT2D eigenvalue weighted by atomic mass is 16.6. The van der Waals surface area contributed by atoms with Gasteiger partial charge in [-0.15, -0.1) is 0 Å². The summed E-state index contributed by atoms with van der Waals surface area (Å²) < 4.78 is 23.9. The van der Waals surface area contributed by atoms with E-state index in [0.29, 0.717) is 5.69 Å². The van der Waals surface area contributed by atoms with Crippen molar-refractivity contribution in [2.24, 2.45) is 0 Å². The van der Waals surface area contributed by atoms with Crippen LogP contribution in [0, 0.1) is 0 Å². The molecule has 0 saturated carbocycles. The van der Waals surface area contributed by atoms with E-state index in [4.69, 9.17) is 18.9 Å². The number of allylic oxidation sites excluding steroid dienone is 5. The summed E-state index contributed by atoms with van der Waals surface area (Å²) >= 11 is 0. The van der Waals surface area contributed by atoms with Gasteiger partial charge in [-0.1, -0.05) is 37.4 Å². The molecule has 3 aliphatic rings. The Morgan fingerprint density at radius 1 is 0.773 bits per heavy atom. The minimum atomic E-state index is -0.571. The summed E-state index contributed by atoms with van der Waals surface area (Å²) in [4.78, 5) is 27.5. The van der Waals surface area contributed by atoms with Crippen molar-refractivity contribution in [2.45, 2.75) is 0 Å². The van der Waals surface area contributed by atoms with Crippen molar-refractivity contribution in [3.63, 3.8) is 0 Å². The molecule has 5 rings (SSSR count). The SMILES string of the molecule is C=CC(=O)OCN(COC(=O)C=C)c1ccc(C(=C2C=CC(=[N+]3CCOCC3)C=C2)c2ccc(N3CCOCC3)cc2)cc1. The standard InChI is InChI=1S/C35H38N3O6/c1-3-33(39)43-25-38(26-44-34(40)4-2)32-15-9-29(10-16-32)35(27-5-11-30(12-6-27)36-17-21-41-22-18-36)28-7-13-31(14-8-28)37-19-23-42-24-20-37/h3-16H,1-2,17-26H2/q+1. The summed E-state index contributed by atoms with van der Waals surface area (Å²) in [6, 6.07) is 16.6. The number of carbonyl (C=O) groups is 2. The molecule has 0 spiro atoms. The topological polar surface area (TPSA) is 80.5 Å². The van der Waals surface area contributed by atoms with Crippen LogP contribution in [0.1, 0.15) is 11.1 Å². The number of benzene rings is 2. The summed E-state index contributed by atoms with van der Waals surface area (Å²) in [6.45, 7) is 13.1. The second-order valence-electron chi connectivity index (χ2n) is 10.3. The zero-order valence-corrected chi connectivity index (χ0v) is 24.9. The van der Waals surface area contributed by atoms with Crippen LogP contribution in [0.5, 0.6) is 0 Å². The number of nitrogens with zero attached hydrogens (tertiary/aromatic N) is 3. The van der Waals surface area contributed by atoms with E-state index >= 15 is 0 Å². The Morgan fingerprint density at radius 3 is 1.84 bits per heavy atom. The fourth-order valence-corrected chi connectivity index (χ4v) is 5.25. The summed E-state index contributed by atoms with van der Waals surface area (Å²) in [5.41, 5.74) is 7.34. The molecule has 0 radical (unpaired) electrons. The zero-order chi connectivity index (χ0) is 30.7. The van der Waals surface area contributed by atoms with Crippen molar-refractivity contribution in [1.82, 2.24) is 0 Å². The second kappa shape index (κ2) is 15.1. The molecule has 0 bridgehead atoms. The van der Waals surface area contributed by atoms with Crippen molar-refractivity contribution >= 4 is 34.6 Å². The van der Waals surface area contributed by atoms with Crippen LogP contribution in [-0.4, -0.2) is 88.3 Å². The average Bonchev–Trinajstić information content (AvgIpc) is 3.10. The Kier molecular flexibility index (Phi) is 10.6. The van der Waals surface area contributed by atoms with Gasteiger partial charge in [0.05, 0.1) is 13.2 Å². The molecule has 0 N–H and O–H groups in total. The van der Waals surface area contributed by atoms with Gasteiger partial charge < -0.3 is 28.7 Å². The van der Waals surface area contributed by atoms with Crippen LogP contribution in [0.4, 0.5) is 11.4 Å². The van der Waals surface area contributed by atoms with Gasteiger partial charge in [0.2, 0.25) is 0 Å². The smallest absolute Gasteiger partial charge is 0.331 e. The Hall–Kier alpha value is -4.73. The van der Waals surface area contributed by atoms with E-state index in [9.17, 15) is 9.59 Å². The Morgan fingerprint density at radius 2 is 1.30 bits per heavy atom. The first-order valence-electron chi connectivity index (χ1n) is 14.7. The number of hydrogen-bond acceptors (Lipinski definition) is 8. The molecule has 2 saturated heterocycles. The summed E-state index contributed by atoms with van der Waals surface area (Å²) in [5.74, 6) is -1.14. The molecule has 9 nitrogen and oxygen atoms in total. The molecule has 1 aliphatic carbocycles. The van der Waals surface area contributed by atoms with Gasteiger partial charge in [0.1, 0.15) is 13.2 Å². The molecule has 2 aromatic rings. The highest BCUT2D eigenvalue weighted by Crippen LogP contribution is 2.32. The first-order chi connectivity index (χ1) is 21.6. The molecule has 0 atom stereocenters. The van der Waals surface area contributed by atoms with E-state index in [1.165, 1.54) is 11.4 Å². The van der Waals surface area contributed by atoms with Crippen molar-refractivity contribution in [3.05, 3.63) is 115 Å². The summed E-state index contributed by atoms with van der Waals surface area (Å²) in [5, 5.41) is 0. The largest absolute Gasteiger partial charge is 0.441 e. The van der Waals surface area contributed by atoms with E-state index in [1.54, 1.807) is 4.90 Å². The molecule has 0 amide bonds. The number of carbonyl (C=O) groups excluding carboxylic acids is 2. The fraction of sp³-hybridized carbons (Fsp3) is 0.286. The predicted octanol–water partition coefficient (Wildman–Crippen LogP) is 4.11. The monoisotopic (exact) mass is 596 g/mol. The van der Waals surface area contributed by atoms with Crippen molar-refractivity contribution < 1.29 is 33.1 Å². The maximum Gasteiger partial charge on any atom is 0.331 e. The van der Waals surface area contributed by atoms with Crippen LogP contribution in [0.25, 0.3) is 5.57 Å². The lowest BCUT2D eigenvalue weighted by Gasteiger charge is -2.29. The molecular weight excluding hydrogens is 558 g/mol. The summed E-state index contributed by atoms with van der Waals surface area (Å²) in [7, 11) is 0. The van der Waals surface area contributed by atoms with E-state index in [0.717, 1.165) is 87.0 Å². The van der Waals surface area contributed by atoms with E-state index < -0.39 is 11.9 Å². The lowest BCUT2D eigenvalue weighted by Crippen LogP contribution is -2.36. The zero-order valence-electron chi connectivity index (χ0n) is 24.9. The fourth-order valence-electron chi connectivity index (χ4n) is 5.25. The van der Waals surface area contributed by atoms with Gasteiger partial charge >= 0.3 is 11.9 Å². The number of esters is 2. The van der Waals surface area contributed by atoms with E-state index in [1.807, 2.05) is 24.3 Å². The van der Waals surface area contributed by atoms with Gasteiger partial charge in [-0.3, -0.25) is 0 Å². The van der Waals surface area contributed by atoms with Gasteiger partial charge in [0, 0.05) is 48.8 Å². The van der Waals surface area contributed by atoms with Crippen molar-refractivity contribution in [3.8, 4) is 0 Å². The van der Waals surface area contributed by atoms with E-state index in [2.05, 4.69) is 71.2 Å².